The monoisotopic (exact) mass is 189 g/mol. The van der Waals surface area contributed by atoms with Crippen molar-refractivity contribution in [3.8, 4) is 11.9 Å². The molecule has 7 heteroatoms. The lowest BCUT2D eigenvalue weighted by Gasteiger charge is -2.07. The van der Waals surface area contributed by atoms with Crippen molar-refractivity contribution in [3.63, 3.8) is 0 Å². The van der Waals surface area contributed by atoms with Crippen LogP contribution in [0.5, 0.6) is 5.88 Å². The van der Waals surface area contributed by atoms with Crippen molar-refractivity contribution in [1.29, 1.82) is 5.26 Å². The maximum Gasteiger partial charge on any atom is 0.574 e. The van der Waals surface area contributed by atoms with Crippen molar-refractivity contribution in [2.75, 3.05) is 0 Å². The van der Waals surface area contributed by atoms with Crippen LogP contribution >= 0.6 is 0 Å². The molecule has 1 heterocycles. The predicted octanol–water partition coefficient (Wildman–Crippen LogP) is 1.25. The minimum Gasteiger partial charge on any atom is -0.385 e. The summed E-state index contributed by atoms with van der Waals surface area (Å²) >= 11 is 0. The number of nitrogens with zero attached hydrogens (tertiary/aromatic N) is 3. The molecule has 0 saturated heterocycles. The fraction of sp³-hybridized carbons (Fsp3) is 0.167. The molecule has 0 amide bonds. The zero-order valence-electron chi connectivity index (χ0n) is 6.04. The third kappa shape index (κ3) is 2.59. The number of aromatic nitrogens is 2. The lowest BCUT2D eigenvalue weighted by molar-refractivity contribution is -0.276. The second-order valence-electron chi connectivity index (χ2n) is 1.87. The molecule has 1 rings (SSSR count). The van der Waals surface area contributed by atoms with Crippen molar-refractivity contribution in [2.45, 2.75) is 6.36 Å². The Kier molecular flexibility index (Phi) is 2.32. The van der Waals surface area contributed by atoms with Crippen LogP contribution in [0.2, 0.25) is 0 Å². The van der Waals surface area contributed by atoms with Gasteiger partial charge >= 0.3 is 6.36 Å². The Morgan fingerprint density at radius 1 is 1.31 bits per heavy atom. The van der Waals surface area contributed by atoms with E-state index in [0.717, 1.165) is 12.4 Å². The standard InChI is InChI=1S/C6H2F3N3O/c7-6(8,9)13-5-4(3-10)11-1-2-12-5/h1-2H. The van der Waals surface area contributed by atoms with E-state index in [-0.39, 0.29) is 0 Å². The highest BCUT2D eigenvalue weighted by Crippen LogP contribution is 2.21. The van der Waals surface area contributed by atoms with Gasteiger partial charge in [0.05, 0.1) is 0 Å². The van der Waals surface area contributed by atoms with Crippen LogP contribution in [-0.4, -0.2) is 16.3 Å². The van der Waals surface area contributed by atoms with Gasteiger partial charge in [0.1, 0.15) is 6.07 Å². The molecule has 0 saturated carbocycles. The molecule has 13 heavy (non-hydrogen) atoms. The summed E-state index contributed by atoms with van der Waals surface area (Å²) in [5.41, 5.74) is -0.500. The Labute approximate surface area is 70.6 Å². The normalized spacial score (nSPS) is 10.6. The molecule has 0 fully saturated rings. The zero-order chi connectivity index (χ0) is 9.90. The Bertz CT molecular complexity index is 344. The number of hydrogen-bond acceptors (Lipinski definition) is 4. The van der Waals surface area contributed by atoms with Gasteiger partial charge in [-0.15, -0.1) is 13.2 Å². The smallest absolute Gasteiger partial charge is 0.385 e. The molecule has 0 aromatic carbocycles. The molecule has 1 aromatic rings. The van der Waals surface area contributed by atoms with Gasteiger partial charge in [0.15, 0.2) is 0 Å². The Morgan fingerprint density at radius 2 is 1.92 bits per heavy atom. The molecule has 1 aromatic heterocycles. The second kappa shape index (κ2) is 3.26. The first kappa shape index (κ1) is 9.25. The van der Waals surface area contributed by atoms with E-state index < -0.39 is 17.9 Å². The molecule has 4 nitrogen and oxygen atoms in total. The summed E-state index contributed by atoms with van der Waals surface area (Å²) in [7, 11) is 0. The highest BCUT2D eigenvalue weighted by atomic mass is 19.4. The van der Waals surface area contributed by atoms with Crippen molar-refractivity contribution >= 4 is 0 Å². The molecule has 0 unspecified atom stereocenters. The molecular formula is C6H2F3N3O. The molecule has 0 atom stereocenters. The van der Waals surface area contributed by atoms with Gasteiger partial charge in [-0.3, -0.25) is 0 Å². The van der Waals surface area contributed by atoms with Gasteiger partial charge in [0.25, 0.3) is 5.88 Å². The molecular weight excluding hydrogens is 187 g/mol. The Balaban J connectivity index is 2.96. The lowest BCUT2D eigenvalue weighted by atomic mass is 10.5. The first-order chi connectivity index (χ1) is 6.03. The average molecular weight is 189 g/mol. The van der Waals surface area contributed by atoms with Crippen LogP contribution < -0.4 is 4.74 Å². The first-order valence-electron chi connectivity index (χ1n) is 3.00. The van der Waals surface area contributed by atoms with E-state index in [4.69, 9.17) is 5.26 Å². The summed E-state index contributed by atoms with van der Waals surface area (Å²) in [5.74, 6) is -0.836. The van der Waals surface area contributed by atoms with Gasteiger partial charge in [-0.05, 0) is 0 Å². The second-order valence-corrected chi connectivity index (χ2v) is 1.87. The number of hydrogen-bond donors (Lipinski definition) is 0. The third-order valence-corrected chi connectivity index (χ3v) is 0.983. The fourth-order valence-corrected chi connectivity index (χ4v) is 0.586. The van der Waals surface area contributed by atoms with E-state index in [2.05, 4.69) is 14.7 Å². The number of alkyl halides is 3. The van der Waals surface area contributed by atoms with Crippen molar-refractivity contribution < 1.29 is 17.9 Å². The maximum absolute atomic E-state index is 11.7. The summed E-state index contributed by atoms with van der Waals surface area (Å²) in [5, 5.41) is 8.32. The molecule has 0 aliphatic carbocycles. The third-order valence-electron chi connectivity index (χ3n) is 0.983. The summed E-state index contributed by atoms with van der Waals surface area (Å²) in [6, 6.07) is 1.42. The minimum atomic E-state index is -4.86. The van der Waals surface area contributed by atoms with Crippen LogP contribution in [0, 0.1) is 11.3 Å². The van der Waals surface area contributed by atoms with Crippen LogP contribution in [0.4, 0.5) is 13.2 Å². The first-order valence-corrected chi connectivity index (χ1v) is 3.00. The average Bonchev–Trinajstić information content (AvgIpc) is 2.02. The topological polar surface area (TPSA) is 58.8 Å². The molecule has 68 valence electrons. The molecule has 0 N–H and O–H groups in total. The SMILES string of the molecule is N#Cc1nccnc1OC(F)(F)F. The van der Waals surface area contributed by atoms with E-state index in [1.807, 2.05) is 0 Å². The number of ether oxygens (including phenoxy) is 1. The number of nitriles is 1. The van der Waals surface area contributed by atoms with Crippen LogP contribution in [0.15, 0.2) is 12.4 Å². The summed E-state index contributed by atoms with van der Waals surface area (Å²) < 4.78 is 38.4. The van der Waals surface area contributed by atoms with Gasteiger partial charge in [-0.25, -0.2) is 9.97 Å². The molecule has 0 aliphatic rings. The van der Waals surface area contributed by atoms with E-state index in [1.165, 1.54) is 6.07 Å². The van der Waals surface area contributed by atoms with Crippen molar-refractivity contribution in [3.05, 3.63) is 18.1 Å². The molecule has 0 spiro atoms. The van der Waals surface area contributed by atoms with Crippen LogP contribution in [-0.2, 0) is 0 Å². The van der Waals surface area contributed by atoms with Crippen LogP contribution in [0.25, 0.3) is 0 Å². The molecule has 0 aliphatic heterocycles. The Hall–Kier alpha value is -1.84. The van der Waals surface area contributed by atoms with Gasteiger partial charge < -0.3 is 4.74 Å². The quantitative estimate of drug-likeness (QED) is 0.666. The summed E-state index contributed by atoms with van der Waals surface area (Å²) in [4.78, 5) is 6.54. The number of halogens is 3. The molecule has 0 bridgehead atoms. The fourth-order valence-electron chi connectivity index (χ4n) is 0.586. The van der Waals surface area contributed by atoms with Crippen LogP contribution in [0.3, 0.4) is 0 Å². The summed E-state index contributed by atoms with van der Waals surface area (Å²) in [6.45, 7) is 0. The van der Waals surface area contributed by atoms with E-state index >= 15 is 0 Å². The van der Waals surface area contributed by atoms with Gasteiger partial charge in [0.2, 0.25) is 5.69 Å². The zero-order valence-corrected chi connectivity index (χ0v) is 6.04. The lowest BCUT2D eigenvalue weighted by Crippen LogP contribution is -2.18. The van der Waals surface area contributed by atoms with Gasteiger partial charge in [-0.2, -0.15) is 5.26 Å². The minimum absolute atomic E-state index is 0.500. The largest absolute Gasteiger partial charge is 0.574 e. The van der Waals surface area contributed by atoms with Gasteiger partial charge in [0, 0.05) is 12.4 Å². The molecule has 0 radical (unpaired) electrons. The van der Waals surface area contributed by atoms with Gasteiger partial charge in [-0.1, -0.05) is 0 Å². The summed E-state index contributed by atoms with van der Waals surface area (Å²) in [6.07, 6.45) is -2.76. The van der Waals surface area contributed by atoms with E-state index in [0.29, 0.717) is 0 Å². The predicted molar refractivity (Wildman–Crippen MR) is 33.4 cm³/mol. The Morgan fingerprint density at radius 3 is 2.46 bits per heavy atom. The van der Waals surface area contributed by atoms with Crippen molar-refractivity contribution in [1.82, 2.24) is 9.97 Å². The van der Waals surface area contributed by atoms with E-state index in [9.17, 15) is 13.2 Å². The van der Waals surface area contributed by atoms with Crippen LogP contribution in [0.1, 0.15) is 5.69 Å². The van der Waals surface area contributed by atoms with E-state index in [1.54, 1.807) is 0 Å². The maximum atomic E-state index is 11.7. The highest BCUT2D eigenvalue weighted by molar-refractivity contribution is 5.29. The highest BCUT2D eigenvalue weighted by Gasteiger charge is 2.33. The van der Waals surface area contributed by atoms with Crippen molar-refractivity contribution in [2.24, 2.45) is 0 Å². The number of rotatable bonds is 1.